The Morgan fingerprint density at radius 1 is 0.871 bits per heavy atom. The first-order valence-electron chi connectivity index (χ1n) is 10.3. The van der Waals surface area contributed by atoms with Gasteiger partial charge < -0.3 is 9.64 Å². The molecule has 0 aliphatic carbocycles. The van der Waals surface area contributed by atoms with E-state index in [2.05, 4.69) is 9.62 Å². The fourth-order valence-electron chi connectivity index (χ4n) is 3.98. The minimum absolute atomic E-state index is 0.127. The van der Waals surface area contributed by atoms with Gasteiger partial charge in [-0.05, 0) is 61.7 Å². The predicted octanol–water partition coefficient (Wildman–Crippen LogP) is 3.14. The molecular weight excluding hydrogens is 418 g/mol. The van der Waals surface area contributed by atoms with E-state index in [1.807, 2.05) is 12.1 Å². The molecule has 2 aromatic rings. The zero-order chi connectivity index (χ0) is 22.0. The number of carbonyl (C=O) groups is 2. The van der Waals surface area contributed by atoms with Crippen molar-refractivity contribution in [2.45, 2.75) is 37.0 Å². The number of ether oxygens (including phenoxy) is 1. The molecule has 0 aromatic heterocycles. The number of hydrogen-bond acceptors (Lipinski definition) is 6. The lowest BCUT2D eigenvalue weighted by atomic mass is 10.1. The highest BCUT2D eigenvalue weighted by molar-refractivity contribution is 7.92. The SMILES string of the molecule is COc1ccc(N2C(=O)CCCC2=O)cc1S(=O)(=O)Nc1ccc(N2CCCC2)cc1. The van der Waals surface area contributed by atoms with E-state index in [4.69, 9.17) is 4.74 Å². The lowest BCUT2D eigenvalue weighted by molar-refractivity contribution is -0.129. The molecule has 164 valence electrons. The van der Waals surface area contributed by atoms with Crippen LogP contribution in [0.3, 0.4) is 0 Å². The van der Waals surface area contributed by atoms with Crippen molar-refractivity contribution >= 4 is 38.9 Å². The fourth-order valence-corrected chi connectivity index (χ4v) is 5.23. The largest absolute Gasteiger partial charge is 0.495 e. The first kappa shape index (κ1) is 21.2. The molecule has 2 heterocycles. The van der Waals surface area contributed by atoms with Gasteiger partial charge in [-0.15, -0.1) is 0 Å². The van der Waals surface area contributed by atoms with Crippen LogP contribution in [0, 0.1) is 0 Å². The number of methoxy groups -OCH3 is 1. The van der Waals surface area contributed by atoms with E-state index < -0.39 is 10.0 Å². The van der Waals surface area contributed by atoms with Gasteiger partial charge in [0.1, 0.15) is 10.6 Å². The topological polar surface area (TPSA) is 96.0 Å². The third kappa shape index (κ3) is 4.36. The maximum atomic E-state index is 13.1. The van der Waals surface area contributed by atoms with Crippen LogP contribution in [-0.4, -0.2) is 40.4 Å². The Bertz CT molecular complexity index is 1080. The summed E-state index contributed by atoms with van der Waals surface area (Å²) in [5.74, 6) is -0.549. The van der Waals surface area contributed by atoms with Crippen LogP contribution in [0.5, 0.6) is 5.75 Å². The number of piperidine rings is 1. The van der Waals surface area contributed by atoms with Crippen molar-refractivity contribution < 1.29 is 22.7 Å². The monoisotopic (exact) mass is 443 g/mol. The number of benzene rings is 2. The molecule has 0 unspecified atom stereocenters. The molecule has 2 amide bonds. The van der Waals surface area contributed by atoms with Gasteiger partial charge in [0.15, 0.2) is 0 Å². The molecule has 1 N–H and O–H groups in total. The van der Waals surface area contributed by atoms with E-state index in [0.29, 0.717) is 12.1 Å². The first-order chi connectivity index (χ1) is 14.9. The molecule has 0 saturated carbocycles. The fraction of sp³-hybridized carbons (Fsp3) is 0.364. The zero-order valence-corrected chi connectivity index (χ0v) is 18.2. The van der Waals surface area contributed by atoms with Crippen molar-refractivity contribution in [3.63, 3.8) is 0 Å². The van der Waals surface area contributed by atoms with E-state index in [0.717, 1.165) is 36.5 Å². The Balaban J connectivity index is 1.62. The van der Waals surface area contributed by atoms with Crippen LogP contribution in [0.25, 0.3) is 0 Å². The summed E-state index contributed by atoms with van der Waals surface area (Å²) >= 11 is 0. The highest BCUT2D eigenvalue weighted by Crippen LogP contribution is 2.32. The average Bonchev–Trinajstić information content (AvgIpc) is 3.29. The first-order valence-corrected chi connectivity index (χ1v) is 11.8. The normalized spacial score (nSPS) is 17.2. The standard InChI is InChI=1S/C22H25N3O5S/c1-30-19-12-11-18(25-21(26)5-4-6-22(25)27)15-20(19)31(28,29)23-16-7-9-17(10-8-16)24-13-2-3-14-24/h7-12,15,23H,2-6,13-14H2,1H3. The van der Waals surface area contributed by atoms with Crippen LogP contribution in [0.4, 0.5) is 17.1 Å². The van der Waals surface area contributed by atoms with E-state index in [1.165, 1.54) is 25.3 Å². The Hall–Kier alpha value is -3.07. The molecule has 4 rings (SSSR count). The number of rotatable bonds is 6. The molecule has 8 nitrogen and oxygen atoms in total. The maximum absolute atomic E-state index is 13.1. The molecule has 2 saturated heterocycles. The van der Waals surface area contributed by atoms with Crippen LogP contribution >= 0.6 is 0 Å². The Morgan fingerprint density at radius 3 is 2.10 bits per heavy atom. The quantitative estimate of drug-likeness (QED) is 0.689. The van der Waals surface area contributed by atoms with Crippen molar-refractivity contribution in [1.82, 2.24) is 0 Å². The van der Waals surface area contributed by atoms with Gasteiger partial charge in [0, 0.05) is 37.3 Å². The number of hydrogen-bond donors (Lipinski definition) is 1. The van der Waals surface area contributed by atoms with Crippen LogP contribution in [-0.2, 0) is 19.6 Å². The summed E-state index contributed by atoms with van der Waals surface area (Å²) in [6.45, 7) is 2.01. The number of carbonyl (C=O) groups excluding carboxylic acids is 2. The molecule has 2 fully saturated rings. The van der Waals surface area contributed by atoms with Gasteiger partial charge in [-0.3, -0.25) is 19.2 Å². The number of nitrogens with zero attached hydrogens (tertiary/aromatic N) is 2. The number of nitrogens with one attached hydrogen (secondary N) is 1. The minimum Gasteiger partial charge on any atom is -0.495 e. The van der Waals surface area contributed by atoms with Gasteiger partial charge >= 0.3 is 0 Å². The Morgan fingerprint density at radius 2 is 1.48 bits per heavy atom. The second-order valence-electron chi connectivity index (χ2n) is 7.66. The van der Waals surface area contributed by atoms with Gasteiger partial charge in [0.2, 0.25) is 11.8 Å². The lowest BCUT2D eigenvalue weighted by Crippen LogP contribution is -2.40. The summed E-state index contributed by atoms with van der Waals surface area (Å²) in [6.07, 6.45) is 3.33. The summed E-state index contributed by atoms with van der Waals surface area (Å²) in [6, 6.07) is 11.5. The van der Waals surface area contributed by atoms with Crippen LogP contribution < -0.4 is 19.3 Å². The molecule has 0 atom stereocenters. The van der Waals surface area contributed by atoms with Crippen molar-refractivity contribution in [3.8, 4) is 5.75 Å². The van der Waals surface area contributed by atoms with Crippen LogP contribution in [0.2, 0.25) is 0 Å². The molecule has 2 aliphatic heterocycles. The van der Waals surface area contributed by atoms with Crippen LogP contribution in [0.1, 0.15) is 32.1 Å². The summed E-state index contributed by atoms with van der Waals surface area (Å²) < 4.78 is 34.1. The van der Waals surface area contributed by atoms with Crippen molar-refractivity contribution in [2.24, 2.45) is 0 Å². The summed E-state index contributed by atoms with van der Waals surface area (Å²) in [5.41, 5.74) is 1.70. The third-order valence-electron chi connectivity index (χ3n) is 5.57. The average molecular weight is 444 g/mol. The molecule has 2 aliphatic rings. The highest BCUT2D eigenvalue weighted by atomic mass is 32.2. The Labute approximate surface area is 181 Å². The molecule has 0 radical (unpaired) electrons. The van der Waals surface area contributed by atoms with E-state index in [9.17, 15) is 18.0 Å². The predicted molar refractivity (Wildman–Crippen MR) is 118 cm³/mol. The van der Waals surface area contributed by atoms with Gasteiger partial charge in [-0.25, -0.2) is 8.42 Å². The van der Waals surface area contributed by atoms with Crippen molar-refractivity contribution in [2.75, 3.05) is 34.7 Å². The zero-order valence-electron chi connectivity index (χ0n) is 17.3. The molecule has 9 heteroatoms. The maximum Gasteiger partial charge on any atom is 0.265 e. The number of sulfonamides is 1. The second kappa shape index (κ2) is 8.58. The highest BCUT2D eigenvalue weighted by Gasteiger charge is 2.30. The number of imide groups is 1. The van der Waals surface area contributed by atoms with Crippen LogP contribution in [0.15, 0.2) is 47.4 Å². The summed E-state index contributed by atoms with van der Waals surface area (Å²) in [4.78, 5) is 27.7. The smallest absolute Gasteiger partial charge is 0.265 e. The number of anilines is 3. The third-order valence-corrected chi connectivity index (χ3v) is 6.97. The van der Waals surface area contributed by atoms with E-state index in [1.54, 1.807) is 12.1 Å². The van der Waals surface area contributed by atoms with Gasteiger partial charge in [-0.1, -0.05) is 0 Å². The van der Waals surface area contributed by atoms with E-state index in [-0.39, 0.29) is 41.0 Å². The molecule has 0 bridgehead atoms. The van der Waals surface area contributed by atoms with Crippen molar-refractivity contribution in [1.29, 1.82) is 0 Å². The summed E-state index contributed by atoms with van der Waals surface area (Å²) in [7, 11) is -2.65. The Kier molecular flexibility index (Phi) is 5.86. The van der Waals surface area contributed by atoms with Gasteiger partial charge in [-0.2, -0.15) is 0 Å². The minimum atomic E-state index is -4.02. The number of amides is 2. The van der Waals surface area contributed by atoms with Crippen molar-refractivity contribution in [3.05, 3.63) is 42.5 Å². The lowest BCUT2D eigenvalue weighted by Gasteiger charge is -2.25. The molecule has 31 heavy (non-hydrogen) atoms. The van der Waals surface area contributed by atoms with E-state index >= 15 is 0 Å². The molecule has 2 aromatic carbocycles. The molecular formula is C22H25N3O5S. The van der Waals surface area contributed by atoms with Gasteiger partial charge in [0.05, 0.1) is 12.8 Å². The van der Waals surface area contributed by atoms with Gasteiger partial charge in [0.25, 0.3) is 10.0 Å². The summed E-state index contributed by atoms with van der Waals surface area (Å²) in [5, 5.41) is 0. The second-order valence-corrected chi connectivity index (χ2v) is 9.31. The molecule has 0 spiro atoms.